The van der Waals surface area contributed by atoms with Gasteiger partial charge in [0, 0.05) is 42.6 Å². The number of nitrogens with zero attached hydrogens (tertiary/aromatic N) is 5. The Balaban J connectivity index is 1.60. The summed E-state index contributed by atoms with van der Waals surface area (Å²) in [4.78, 5) is 24.7. The number of carbonyl (C=O) groups excluding carboxylic acids is 1. The normalized spacial score (nSPS) is 14.1. The smallest absolute Gasteiger partial charge is 0.321 e. The molecule has 1 aliphatic heterocycles. The Morgan fingerprint density at radius 2 is 1.88 bits per heavy atom. The first-order valence-electron chi connectivity index (χ1n) is 7.87. The van der Waals surface area contributed by atoms with Gasteiger partial charge in [-0.15, -0.1) is 0 Å². The number of nitrogens with one attached hydrogen (secondary N) is 1. The summed E-state index contributed by atoms with van der Waals surface area (Å²) in [5.41, 5.74) is 1.81. The highest BCUT2D eigenvalue weighted by molar-refractivity contribution is 6.30. The van der Waals surface area contributed by atoms with Crippen molar-refractivity contribution in [1.29, 1.82) is 5.26 Å². The molecule has 0 saturated carbocycles. The number of nitriles is 1. The third-order valence-corrected chi connectivity index (χ3v) is 4.15. The molecule has 0 radical (unpaired) electrons. The van der Waals surface area contributed by atoms with Crippen LogP contribution in [0.25, 0.3) is 0 Å². The molecule has 0 spiro atoms. The molecule has 0 bridgehead atoms. The predicted octanol–water partition coefficient (Wildman–Crippen LogP) is 2.66. The van der Waals surface area contributed by atoms with Crippen molar-refractivity contribution in [3.8, 4) is 6.07 Å². The van der Waals surface area contributed by atoms with Crippen LogP contribution in [-0.4, -0.2) is 47.1 Å². The highest BCUT2D eigenvalue weighted by Crippen LogP contribution is 2.16. The summed E-state index contributed by atoms with van der Waals surface area (Å²) in [6, 6.07) is 10.5. The molecule has 128 valence electrons. The van der Waals surface area contributed by atoms with Crippen molar-refractivity contribution in [3.05, 3.63) is 46.7 Å². The number of carbonyl (C=O) groups is 1. The number of hydrogen-bond acceptors (Lipinski definition) is 5. The first kappa shape index (κ1) is 17.0. The average Bonchev–Trinajstić information content (AvgIpc) is 2.63. The van der Waals surface area contributed by atoms with Crippen LogP contribution in [0.4, 0.5) is 16.4 Å². The van der Waals surface area contributed by atoms with Crippen LogP contribution in [0, 0.1) is 18.3 Å². The Morgan fingerprint density at radius 1 is 1.20 bits per heavy atom. The number of aryl methyl sites for hydroxylation is 1. The molecule has 7 nitrogen and oxygen atoms in total. The zero-order valence-corrected chi connectivity index (χ0v) is 14.5. The SMILES string of the molecule is Cc1cc(C#N)nc(N2CCN(C(=O)Nc3ccc(Cl)cc3)CC2)n1. The highest BCUT2D eigenvalue weighted by Gasteiger charge is 2.23. The van der Waals surface area contributed by atoms with E-state index >= 15 is 0 Å². The van der Waals surface area contributed by atoms with Crippen molar-refractivity contribution in [2.75, 3.05) is 36.4 Å². The van der Waals surface area contributed by atoms with Gasteiger partial charge in [0.1, 0.15) is 11.8 Å². The number of anilines is 2. The Bertz CT molecular complexity index is 809. The molecule has 0 aliphatic carbocycles. The van der Waals surface area contributed by atoms with E-state index < -0.39 is 0 Å². The predicted molar refractivity (Wildman–Crippen MR) is 95.7 cm³/mol. The molecule has 2 amide bonds. The van der Waals surface area contributed by atoms with Crippen LogP contribution in [0.3, 0.4) is 0 Å². The maximum absolute atomic E-state index is 12.3. The zero-order chi connectivity index (χ0) is 17.8. The zero-order valence-electron chi connectivity index (χ0n) is 13.7. The lowest BCUT2D eigenvalue weighted by atomic mass is 10.3. The number of rotatable bonds is 2. The molecule has 1 aromatic heterocycles. The van der Waals surface area contributed by atoms with Gasteiger partial charge in [0.05, 0.1) is 0 Å². The van der Waals surface area contributed by atoms with E-state index in [0.29, 0.717) is 48.5 Å². The van der Waals surface area contributed by atoms with Crippen LogP contribution in [0.5, 0.6) is 0 Å². The maximum Gasteiger partial charge on any atom is 0.321 e. The van der Waals surface area contributed by atoms with Gasteiger partial charge >= 0.3 is 6.03 Å². The third-order valence-electron chi connectivity index (χ3n) is 3.90. The summed E-state index contributed by atoms with van der Waals surface area (Å²) in [6.07, 6.45) is 0. The van der Waals surface area contributed by atoms with E-state index in [1.165, 1.54) is 0 Å². The summed E-state index contributed by atoms with van der Waals surface area (Å²) in [6.45, 7) is 4.17. The Morgan fingerprint density at radius 3 is 2.52 bits per heavy atom. The standard InChI is InChI=1S/C17H17ClN6O/c1-12-10-15(11-19)21-16(20-12)23-6-8-24(9-7-23)17(25)22-14-4-2-13(18)3-5-14/h2-5,10H,6-9H2,1H3,(H,22,25). The minimum absolute atomic E-state index is 0.148. The van der Waals surface area contributed by atoms with Gasteiger partial charge in [-0.25, -0.2) is 14.8 Å². The number of halogens is 1. The fraction of sp³-hybridized carbons (Fsp3) is 0.294. The highest BCUT2D eigenvalue weighted by atomic mass is 35.5. The van der Waals surface area contributed by atoms with Crippen LogP contribution < -0.4 is 10.2 Å². The molecule has 8 heteroatoms. The van der Waals surface area contributed by atoms with Gasteiger partial charge in [0.15, 0.2) is 0 Å². The molecule has 0 atom stereocenters. The molecular weight excluding hydrogens is 340 g/mol. The van der Waals surface area contributed by atoms with E-state index in [0.717, 1.165) is 5.69 Å². The molecular formula is C17H17ClN6O. The van der Waals surface area contributed by atoms with Crippen molar-refractivity contribution < 1.29 is 4.79 Å². The largest absolute Gasteiger partial charge is 0.337 e. The van der Waals surface area contributed by atoms with Crippen LogP contribution in [0.15, 0.2) is 30.3 Å². The monoisotopic (exact) mass is 356 g/mol. The minimum atomic E-state index is -0.148. The van der Waals surface area contributed by atoms with Crippen molar-refractivity contribution in [1.82, 2.24) is 14.9 Å². The molecule has 1 fully saturated rings. The third kappa shape index (κ3) is 4.17. The number of piperazine rings is 1. The lowest BCUT2D eigenvalue weighted by Crippen LogP contribution is -2.50. The molecule has 2 heterocycles. The summed E-state index contributed by atoms with van der Waals surface area (Å²) < 4.78 is 0. The van der Waals surface area contributed by atoms with E-state index in [1.54, 1.807) is 35.2 Å². The van der Waals surface area contributed by atoms with Gasteiger partial charge in [-0.05, 0) is 37.3 Å². The van der Waals surface area contributed by atoms with Gasteiger partial charge < -0.3 is 15.1 Å². The van der Waals surface area contributed by atoms with Crippen molar-refractivity contribution in [2.24, 2.45) is 0 Å². The minimum Gasteiger partial charge on any atom is -0.337 e. The molecule has 0 unspecified atom stereocenters. The van der Waals surface area contributed by atoms with E-state index in [4.69, 9.17) is 16.9 Å². The number of urea groups is 1. The number of amides is 2. The van der Waals surface area contributed by atoms with E-state index in [2.05, 4.69) is 15.3 Å². The molecule has 1 saturated heterocycles. The van der Waals surface area contributed by atoms with Gasteiger partial charge in [-0.2, -0.15) is 5.26 Å². The Kier molecular flexibility index (Phi) is 5.00. The molecule has 3 rings (SSSR count). The lowest BCUT2D eigenvalue weighted by molar-refractivity contribution is 0.208. The van der Waals surface area contributed by atoms with Crippen LogP contribution in [-0.2, 0) is 0 Å². The topological polar surface area (TPSA) is 85.2 Å². The van der Waals surface area contributed by atoms with Crippen LogP contribution >= 0.6 is 11.6 Å². The van der Waals surface area contributed by atoms with Crippen molar-refractivity contribution in [2.45, 2.75) is 6.92 Å². The molecule has 25 heavy (non-hydrogen) atoms. The molecule has 1 aliphatic rings. The molecule has 2 aromatic rings. The number of hydrogen-bond donors (Lipinski definition) is 1. The second-order valence-corrected chi connectivity index (χ2v) is 6.15. The van der Waals surface area contributed by atoms with Crippen molar-refractivity contribution >= 4 is 29.3 Å². The Labute approximate surface area is 150 Å². The first-order chi connectivity index (χ1) is 12.0. The summed E-state index contributed by atoms with van der Waals surface area (Å²) in [5, 5.41) is 12.5. The van der Waals surface area contributed by atoms with Crippen molar-refractivity contribution in [3.63, 3.8) is 0 Å². The number of benzene rings is 1. The summed E-state index contributed by atoms with van der Waals surface area (Å²) >= 11 is 5.84. The maximum atomic E-state index is 12.3. The molecule has 1 N–H and O–H groups in total. The Hall–Kier alpha value is -2.85. The quantitative estimate of drug-likeness (QED) is 0.894. The fourth-order valence-corrected chi connectivity index (χ4v) is 2.72. The van der Waals surface area contributed by atoms with Gasteiger partial charge in [0.25, 0.3) is 0 Å². The second-order valence-electron chi connectivity index (χ2n) is 5.72. The summed E-state index contributed by atoms with van der Waals surface area (Å²) in [7, 11) is 0. The molecule has 1 aromatic carbocycles. The fourth-order valence-electron chi connectivity index (χ4n) is 2.60. The summed E-state index contributed by atoms with van der Waals surface area (Å²) in [5.74, 6) is 0.536. The van der Waals surface area contributed by atoms with E-state index in [9.17, 15) is 4.79 Å². The van der Waals surface area contributed by atoms with Gasteiger partial charge in [0.2, 0.25) is 5.95 Å². The first-order valence-corrected chi connectivity index (χ1v) is 8.25. The lowest BCUT2D eigenvalue weighted by Gasteiger charge is -2.34. The van der Waals surface area contributed by atoms with Crippen LogP contribution in [0.2, 0.25) is 5.02 Å². The van der Waals surface area contributed by atoms with E-state index in [1.807, 2.05) is 17.9 Å². The van der Waals surface area contributed by atoms with Crippen LogP contribution in [0.1, 0.15) is 11.4 Å². The van der Waals surface area contributed by atoms with Gasteiger partial charge in [-0.3, -0.25) is 0 Å². The number of aromatic nitrogens is 2. The average molecular weight is 357 g/mol. The van der Waals surface area contributed by atoms with Gasteiger partial charge in [-0.1, -0.05) is 11.6 Å². The van der Waals surface area contributed by atoms with E-state index in [-0.39, 0.29) is 6.03 Å². The second kappa shape index (κ2) is 7.36.